The van der Waals surface area contributed by atoms with Crippen LogP contribution in [0.5, 0.6) is 0 Å². The summed E-state index contributed by atoms with van der Waals surface area (Å²) in [6.45, 7) is 0. The zero-order chi connectivity index (χ0) is 21.3. The van der Waals surface area contributed by atoms with Crippen LogP contribution in [-0.4, -0.2) is 32.2 Å². The molecule has 4 rings (SSSR count). The topological polar surface area (TPSA) is 142 Å². The molecule has 152 valence electrons. The molecule has 0 radical (unpaired) electrons. The van der Waals surface area contributed by atoms with E-state index in [1.165, 1.54) is 6.20 Å². The van der Waals surface area contributed by atoms with E-state index in [-0.39, 0.29) is 17.5 Å². The van der Waals surface area contributed by atoms with Crippen molar-refractivity contribution in [3.05, 3.63) is 88.0 Å². The lowest BCUT2D eigenvalue weighted by atomic mass is 10.3. The molecule has 0 bridgehead atoms. The molecular formula is C20H18IN7O2. The number of para-hydroxylation sites is 2. The molecule has 0 saturated heterocycles. The molecule has 9 nitrogen and oxygen atoms in total. The summed E-state index contributed by atoms with van der Waals surface area (Å²) in [5.74, 6) is -0.473. The average molecular weight is 515 g/mol. The van der Waals surface area contributed by atoms with Crippen molar-refractivity contribution in [2.24, 2.45) is 0 Å². The molecule has 0 aliphatic rings. The first-order valence-electron chi connectivity index (χ1n) is 8.75. The molecule has 0 aliphatic heterocycles. The van der Waals surface area contributed by atoms with Gasteiger partial charge in [0.1, 0.15) is 11.4 Å². The highest BCUT2D eigenvalue weighted by atomic mass is 127. The fourth-order valence-corrected chi connectivity index (χ4v) is 2.84. The first-order valence-corrected chi connectivity index (χ1v) is 9.83. The van der Waals surface area contributed by atoms with Crippen LogP contribution in [0.4, 0.5) is 17.1 Å². The normalized spacial score (nSPS) is 9.90. The maximum absolute atomic E-state index is 11.7. The van der Waals surface area contributed by atoms with Gasteiger partial charge in [0.25, 0.3) is 11.8 Å². The lowest BCUT2D eigenvalue weighted by Crippen LogP contribution is -2.13. The Kier molecular flexibility index (Phi) is 7.16. The third kappa shape index (κ3) is 5.67. The second-order valence-corrected chi connectivity index (χ2v) is 7.10. The van der Waals surface area contributed by atoms with Crippen LogP contribution < -0.4 is 16.4 Å². The Balaban J connectivity index is 0.000000171. The maximum atomic E-state index is 11.7. The van der Waals surface area contributed by atoms with E-state index in [1.54, 1.807) is 18.3 Å². The fraction of sp³-hybridized carbons (Fsp3) is 0. The Hall–Kier alpha value is -3.67. The van der Waals surface area contributed by atoms with Crippen LogP contribution in [0.25, 0.3) is 0 Å². The van der Waals surface area contributed by atoms with E-state index in [1.807, 2.05) is 48.5 Å². The second kappa shape index (κ2) is 10.2. The molecule has 6 N–H and O–H groups in total. The Morgan fingerprint density at radius 2 is 1.23 bits per heavy atom. The Labute approximate surface area is 185 Å². The number of aromatic nitrogens is 4. The number of hydrogen-bond donors (Lipinski definition) is 5. The number of aromatic amines is 2. The standard InChI is InChI=1S/C10H8IN3O.C10H10N4O/c2*11-8-6-12-14-9(8)10(15)13-7-4-2-1-3-5-7/h1-6H,(H,12,14)(H,13,15);1-6H,11H2,(H,12,14)(H,13,15). The molecule has 0 saturated carbocycles. The van der Waals surface area contributed by atoms with Crippen molar-refractivity contribution >= 4 is 51.5 Å². The number of nitrogens with one attached hydrogen (secondary N) is 4. The molecule has 0 fully saturated rings. The monoisotopic (exact) mass is 515 g/mol. The highest BCUT2D eigenvalue weighted by Crippen LogP contribution is 2.12. The summed E-state index contributed by atoms with van der Waals surface area (Å²) in [5.41, 5.74) is 8.13. The van der Waals surface area contributed by atoms with Gasteiger partial charge in [-0.15, -0.1) is 0 Å². The number of halogens is 1. The van der Waals surface area contributed by atoms with E-state index in [2.05, 4.69) is 53.6 Å². The van der Waals surface area contributed by atoms with E-state index in [0.29, 0.717) is 11.4 Å². The Morgan fingerprint density at radius 1 is 0.767 bits per heavy atom. The zero-order valence-corrected chi connectivity index (χ0v) is 17.8. The molecule has 0 atom stereocenters. The van der Waals surface area contributed by atoms with Crippen LogP contribution in [-0.2, 0) is 0 Å². The minimum absolute atomic E-state index is 0.178. The minimum Gasteiger partial charge on any atom is -0.396 e. The Bertz CT molecular complexity index is 1020. The van der Waals surface area contributed by atoms with Crippen LogP contribution >= 0.6 is 22.6 Å². The largest absolute Gasteiger partial charge is 0.396 e. The third-order valence-corrected chi connectivity index (χ3v) is 4.60. The number of nitrogens with zero attached hydrogens (tertiary/aromatic N) is 2. The van der Waals surface area contributed by atoms with Gasteiger partial charge in [0.15, 0.2) is 0 Å². The molecule has 2 amide bonds. The van der Waals surface area contributed by atoms with Crippen molar-refractivity contribution in [2.75, 3.05) is 16.4 Å². The van der Waals surface area contributed by atoms with E-state index in [0.717, 1.165) is 14.9 Å². The van der Waals surface area contributed by atoms with E-state index in [9.17, 15) is 9.59 Å². The number of amides is 2. The van der Waals surface area contributed by atoms with Crippen LogP contribution in [0.1, 0.15) is 21.0 Å². The maximum Gasteiger partial charge on any atom is 0.275 e. The fourth-order valence-electron chi connectivity index (χ4n) is 2.34. The number of H-pyrrole nitrogens is 2. The molecule has 10 heteroatoms. The van der Waals surface area contributed by atoms with Crippen LogP contribution in [0.2, 0.25) is 0 Å². The molecular weight excluding hydrogens is 497 g/mol. The number of hydrogen-bond acceptors (Lipinski definition) is 5. The predicted molar refractivity (Wildman–Crippen MR) is 123 cm³/mol. The second-order valence-electron chi connectivity index (χ2n) is 5.93. The van der Waals surface area contributed by atoms with Gasteiger partial charge < -0.3 is 16.4 Å². The summed E-state index contributed by atoms with van der Waals surface area (Å²) in [6.07, 6.45) is 3.01. The first-order chi connectivity index (χ1) is 14.5. The van der Waals surface area contributed by atoms with Crippen LogP contribution in [0.3, 0.4) is 0 Å². The highest BCUT2D eigenvalue weighted by Gasteiger charge is 2.12. The number of nitrogens with two attached hydrogens (primary N) is 1. The molecule has 0 spiro atoms. The van der Waals surface area contributed by atoms with Crippen molar-refractivity contribution in [3.8, 4) is 0 Å². The molecule has 0 aliphatic carbocycles. The van der Waals surface area contributed by atoms with E-state index >= 15 is 0 Å². The van der Waals surface area contributed by atoms with Gasteiger partial charge in [-0.1, -0.05) is 36.4 Å². The summed E-state index contributed by atoms with van der Waals surface area (Å²) in [5, 5.41) is 18.1. The van der Waals surface area contributed by atoms with Crippen LogP contribution in [0, 0.1) is 3.57 Å². The van der Waals surface area contributed by atoms with Crippen molar-refractivity contribution in [3.63, 3.8) is 0 Å². The van der Waals surface area contributed by atoms with Crippen molar-refractivity contribution < 1.29 is 9.59 Å². The number of rotatable bonds is 4. The van der Waals surface area contributed by atoms with Gasteiger partial charge >= 0.3 is 0 Å². The van der Waals surface area contributed by atoms with E-state index in [4.69, 9.17) is 5.73 Å². The molecule has 4 aromatic rings. The minimum atomic E-state index is -0.295. The van der Waals surface area contributed by atoms with Crippen molar-refractivity contribution in [1.82, 2.24) is 20.4 Å². The number of benzene rings is 2. The Morgan fingerprint density at radius 3 is 1.67 bits per heavy atom. The molecule has 2 aromatic heterocycles. The zero-order valence-electron chi connectivity index (χ0n) is 15.6. The summed E-state index contributed by atoms with van der Waals surface area (Å²) < 4.78 is 0.807. The third-order valence-electron chi connectivity index (χ3n) is 3.78. The number of carbonyl (C=O) groups excluding carboxylic acids is 2. The van der Waals surface area contributed by atoms with Gasteiger partial charge in [0.05, 0.1) is 21.7 Å². The van der Waals surface area contributed by atoms with Gasteiger partial charge in [-0.25, -0.2) is 0 Å². The molecule has 30 heavy (non-hydrogen) atoms. The van der Waals surface area contributed by atoms with Crippen molar-refractivity contribution in [2.45, 2.75) is 0 Å². The highest BCUT2D eigenvalue weighted by molar-refractivity contribution is 14.1. The summed E-state index contributed by atoms with van der Waals surface area (Å²) in [7, 11) is 0. The molecule has 2 aromatic carbocycles. The number of anilines is 3. The first kappa shape index (κ1) is 21.0. The smallest absolute Gasteiger partial charge is 0.275 e. The lowest BCUT2D eigenvalue weighted by Gasteiger charge is -2.02. The van der Waals surface area contributed by atoms with Gasteiger partial charge in [0.2, 0.25) is 0 Å². The van der Waals surface area contributed by atoms with Gasteiger partial charge in [-0.05, 0) is 46.9 Å². The van der Waals surface area contributed by atoms with Crippen LogP contribution in [0.15, 0.2) is 73.1 Å². The van der Waals surface area contributed by atoms with Crippen molar-refractivity contribution in [1.29, 1.82) is 0 Å². The van der Waals surface area contributed by atoms with Gasteiger partial charge in [0, 0.05) is 11.4 Å². The average Bonchev–Trinajstić information content (AvgIpc) is 3.38. The lowest BCUT2D eigenvalue weighted by molar-refractivity contribution is 0.101. The SMILES string of the molecule is Nc1cn[nH]c1C(=O)Nc1ccccc1.O=C(Nc1ccccc1)c1[nH]ncc1I. The summed E-state index contributed by atoms with van der Waals surface area (Å²) >= 11 is 2.06. The molecule has 2 heterocycles. The molecule has 0 unspecified atom stereocenters. The summed E-state index contributed by atoms with van der Waals surface area (Å²) in [6, 6.07) is 18.5. The van der Waals surface area contributed by atoms with E-state index < -0.39 is 0 Å². The van der Waals surface area contributed by atoms with Gasteiger partial charge in [-0.2, -0.15) is 10.2 Å². The number of nitrogen functional groups attached to an aromatic ring is 1. The number of carbonyl (C=O) groups is 2. The summed E-state index contributed by atoms with van der Waals surface area (Å²) in [4.78, 5) is 23.3. The van der Waals surface area contributed by atoms with Gasteiger partial charge in [-0.3, -0.25) is 19.8 Å². The predicted octanol–water partition coefficient (Wildman–Crippen LogP) is 3.51. The quantitative estimate of drug-likeness (QED) is 0.265.